The van der Waals surface area contributed by atoms with Crippen LogP contribution in [0.2, 0.25) is 0 Å². The molecule has 0 unspecified atom stereocenters. The summed E-state index contributed by atoms with van der Waals surface area (Å²) in [5.41, 5.74) is 5.34. The topological polar surface area (TPSA) is 85.0 Å². The third-order valence-corrected chi connectivity index (χ3v) is 3.45. The van der Waals surface area contributed by atoms with Crippen LogP contribution in [0.3, 0.4) is 0 Å². The van der Waals surface area contributed by atoms with Gasteiger partial charge in [-0.1, -0.05) is 0 Å². The average molecular weight is 217 g/mol. The van der Waals surface area contributed by atoms with Crippen molar-refractivity contribution in [3.05, 3.63) is 11.2 Å². The number of amidine groups is 1. The molecule has 0 aromatic rings. The van der Waals surface area contributed by atoms with Gasteiger partial charge in [-0.05, 0) is 0 Å². The molecule has 2 heterocycles. The molecular formula is C7H11N3O3S. The normalized spacial score (nSPS) is 25.9. The zero-order valence-corrected chi connectivity index (χ0v) is 8.33. The van der Waals surface area contributed by atoms with Crippen molar-refractivity contribution in [2.24, 2.45) is 10.7 Å². The summed E-state index contributed by atoms with van der Waals surface area (Å²) in [7, 11) is -3.40. The molecule has 2 aliphatic heterocycles. The van der Waals surface area contributed by atoms with Gasteiger partial charge in [0.2, 0.25) is 15.0 Å². The SMILES string of the molecule is NC1=CS(=O)(=O)C(N2CCOCC2)=N1. The second-order valence-corrected chi connectivity index (χ2v) is 4.77. The minimum absolute atomic E-state index is 0.0477. The van der Waals surface area contributed by atoms with E-state index in [4.69, 9.17) is 10.5 Å². The zero-order chi connectivity index (χ0) is 10.2. The van der Waals surface area contributed by atoms with Crippen LogP contribution in [0.5, 0.6) is 0 Å². The van der Waals surface area contributed by atoms with Gasteiger partial charge in [-0.15, -0.1) is 0 Å². The lowest BCUT2D eigenvalue weighted by atomic mass is 10.5. The molecule has 2 rings (SSSR count). The third-order valence-electron chi connectivity index (χ3n) is 2.04. The van der Waals surface area contributed by atoms with Gasteiger partial charge < -0.3 is 15.4 Å². The van der Waals surface area contributed by atoms with Crippen molar-refractivity contribution in [3.63, 3.8) is 0 Å². The van der Waals surface area contributed by atoms with Crippen LogP contribution in [0.15, 0.2) is 16.2 Å². The van der Waals surface area contributed by atoms with Crippen molar-refractivity contribution in [2.45, 2.75) is 0 Å². The standard InChI is InChI=1S/C7H11N3O3S/c8-6-5-14(11,12)7(9-6)10-1-3-13-4-2-10/h5H,1-4,8H2. The summed E-state index contributed by atoms with van der Waals surface area (Å²) in [5, 5.41) is 1.04. The molecule has 2 N–H and O–H groups in total. The lowest BCUT2D eigenvalue weighted by Crippen LogP contribution is -2.42. The highest BCUT2D eigenvalue weighted by Crippen LogP contribution is 2.14. The molecule has 0 aliphatic carbocycles. The van der Waals surface area contributed by atoms with Crippen LogP contribution >= 0.6 is 0 Å². The van der Waals surface area contributed by atoms with E-state index in [0.29, 0.717) is 26.3 Å². The molecule has 14 heavy (non-hydrogen) atoms. The van der Waals surface area contributed by atoms with E-state index in [2.05, 4.69) is 4.99 Å². The first-order valence-corrected chi connectivity index (χ1v) is 5.78. The van der Waals surface area contributed by atoms with Crippen LogP contribution in [-0.4, -0.2) is 44.8 Å². The van der Waals surface area contributed by atoms with Crippen LogP contribution in [-0.2, 0) is 14.6 Å². The Morgan fingerprint density at radius 2 is 2.07 bits per heavy atom. The number of hydrogen-bond acceptors (Lipinski definition) is 6. The molecule has 78 valence electrons. The first-order valence-electron chi connectivity index (χ1n) is 4.23. The Labute approximate surface area is 82.0 Å². The Bertz CT molecular complexity index is 392. The van der Waals surface area contributed by atoms with E-state index in [1.54, 1.807) is 4.90 Å². The van der Waals surface area contributed by atoms with Crippen molar-refractivity contribution in [1.82, 2.24) is 4.90 Å². The van der Waals surface area contributed by atoms with Gasteiger partial charge in [-0.3, -0.25) is 0 Å². The first-order chi connectivity index (χ1) is 6.59. The highest BCUT2D eigenvalue weighted by molar-refractivity contribution is 8.09. The number of nitrogens with zero attached hydrogens (tertiary/aromatic N) is 2. The Balaban J connectivity index is 2.24. The molecule has 0 amide bonds. The van der Waals surface area contributed by atoms with Gasteiger partial charge in [0.1, 0.15) is 5.82 Å². The maximum absolute atomic E-state index is 11.5. The van der Waals surface area contributed by atoms with E-state index in [1.165, 1.54) is 0 Å². The van der Waals surface area contributed by atoms with Gasteiger partial charge >= 0.3 is 0 Å². The molecule has 0 radical (unpaired) electrons. The summed E-state index contributed by atoms with van der Waals surface area (Å²) >= 11 is 0. The van der Waals surface area contributed by atoms with Crippen molar-refractivity contribution in [1.29, 1.82) is 0 Å². The molecule has 7 heteroatoms. The van der Waals surface area contributed by atoms with Crippen LogP contribution in [0.1, 0.15) is 0 Å². The highest BCUT2D eigenvalue weighted by Gasteiger charge is 2.30. The summed E-state index contributed by atoms with van der Waals surface area (Å²) in [4.78, 5) is 5.48. The van der Waals surface area contributed by atoms with E-state index >= 15 is 0 Å². The molecule has 0 aromatic carbocycles. The molecule has 0 aromatic heterocycles. The molecule has 0 atom stereocenters. The lowest BCUT2D eigenvalue weighted by molar-refractivity contribution is 0.0692. The second kappa shape index (κ2) is 3.25. The predicted molar refractivity (Wildman–Crippen MR) is 51.0 cm³/mol. The minimum atomic E-state index is -3.40. The Morgan fingerprint density at radius 3 is 2.57 bits per heavy atom. The van der Waals surface area contributed by atoms with E-state index in [0.717, 1.165) is 5.41 Å². The van der Waals surface area contributed by atoms with Gasteiger partial charge in [0.15, 0.2) is 0 Å². The fourth-order valence-corrected chi connectivity index (χ4v) is 2.67. The summed E-state index contributed by atoms with van der Waals surface area (Å²) in [5.74, 6) is 0.0477. The number of rotatable bonds is 0. The van der Waals surface area contributed by atoms with E-state index < -0.39 is 9.84 Å². The molecule has 0 spiro atoms. The maximum Gasteiger partial charge on any atom is 0.236 e. The Kier molecular flexibility index (Phi) is 2.20. The van der Waals surface area contributed by atoms with Crippen LogP contribution in [0, 0.1) is 0 Å². The van der Waals surface area contributed by atoms with E-state index in [1.807, 2.05) is 0 Å². The minimum Gasteiger partial charge on any atom is -0.383 e. The maximum atomic E-state index is 11.5. The third kappa shape index (κ3) is 1.60. The molecule has 0 bridgehead atoms. The van der Waals surface area contributed by atoms with Gasteiger partial charge in [0.05, 0.1) is 18.6 Å². The quantitative estimate of drug-likeness (QED) is 0.554. The van der Waals surface area contributed by atoms with Crippen molar-refractivity contribution in [3.8, 4) is 0 Å². The molecule has 0 saturated carbocycles. The smallest absolute Gasteiger partial charge is 0.236 e. The van der Waals surface area contributed by atoms with Gasteiger partial charge in [0.25, 0.3) is 0 Å². The predicted octanol–water partition coefficient (Wildman–Crippen LogP) is -1.14. The number of sulfone groups is 1. The molecule has 1 fully saturated rings. The average Bonchev–Trinajstić information content (AvgIpc) is 2.41. The molecular weight excluding hydrogens is 206 g/mol. The van der Waals surface area contributed by atoms with Crippen molar-refractivity contribution in [2.75, 3.05) is 26.3 Å². The second-order valence-electron chi connectivity index (χ2n) is 3.08. The number of nitrogens with two attached hydrogens (primary N) is 1. The summed E-state index contributed by atoms with van der Waals surface area (Å²) < 4.78 is 28.1. The number of ether oxygens (including phenoxy) is 1. The highest BCUT2D eigenvalue weighted by atomic mass is 32.2. The first kappa shape index (κ1) is 9.47. The van der Waals surface area contributed by atoms with Gasteiger partial charge in [-0.2, -0.15) is 0 Å². The molecule has 6 nitrogen and oxygen atoms in total. The number of morpholine rings is 1. The summed E-state index contributed by atoms with van der Waals surface area (Å²) in [6.45, 7) is 2.13. The van der Waals surface area contributed by atoms with E-state index in [-0.39, 0.29) is 11.0 Å². The zero-order valence-electron chi connectivity index (χ0n) is 7.51. The lowest BCUT2D eigenvalue weighted by Gasteiger charge is -2.27. The number of hydrogen-bond donors (Lipinski definition) is 1. The van der Waals surface area contributed by atoms with Gasteiger partial charge in [0, 0.05) is 13.1 Å². The van der Waals surface area contributed by atoms with Crippen molar-refractivity contribution >= 4 is 15.0 Å². The monoisotopic (exact) mass is 217 g/mol. The Morgan fingerprint density at radius 1 is 1.43 bits per heavy atom. The Hall–Kier alpha value is -1.08. The van der Waals surface area contributed by atoms with Crippen LogP contribution in [0.25, 0.3) is 0 Å². The summed E-state index contributed by atoms with van der Waals surface area (Å²) in [6, 6.07) is 0. The fourth-order valence-electron chi connectivity index (χ4n) is 1.42. The summed E-state index contributed by atoms with van der Waals surface area (Å²) in [6.07, 6.45) is 0. The molecule has 2 aliphatic rings. The van der Waals surface area contributed by atoms with Crippen LogP contribution < -0.4 is 5.73 Å². The van der Waals surface area contributed by atoms with Crippen LogP contribution in [0.4, 0.5) is 0 Å². The van der Waals surface area contributed by atoms with Gasteiger partial charge in [-0.25, -0.2) is 13.4 Å². The largest absolute Gasteiger partial charge is 0.383 e. The van der Waals surface area contributed by atoms with E-state index in [9.17, 15) is 8.42 Å². The molecule has 1 saturated heterocycles. The number of aliphatic imine (C=N–C) groups is 1. The fraction of sp³-hybridized carbons (Fsp3) is 0.571. The van der Waals surface area contributed by atoms with Crippen molar-refractivity contribution < 1.29 is 13.2 Å².